The van der Waals surface area contributed by atoms with E-state index in [1.807, 2.05) is 0 Å². The maximum Gasteiger partial charge on any atom is 0.248 e. The SMILES string of the molecule is CC/C=C\CCOCC(=O)N(C)C. The van der Waals surface area contributed by atoms with Crippen LogP contribution in [0, 0.1) is 0 Å². The summed E-state index contributed by atoms with van der Waals surface area (Å²) in [5.74, 6) is 0.0134. The fourth-order valence-corrected chi connectivity index (χ4v) is 0.724. The number of hydrogen-bond acceptors (Lipinski definition) is 2. The Morgan fingerprint density at radius 2 is 2.08 bits per heavy atom. The maximum absolute atomic E-state index is 11.0. The van der Waals surface area contributed by atoms with Crippen LogP contribution in [0.4, 0.5) is 0 Å². The van der Waals surface area contributed by atoms with Crippen molar-refractivity contribution < 1.29 is 9.53 Å². The second-order valence-electron chi connectivity index (χ2n) is 3.01. The second kappa shape index (κ2) is 7.80. The van der Waals surface area contributed by atoms with Crippen LogP contribution in [0.25, 0.3) is 0 Å². The molecule has 0 saturated heterocycles. The summed E-state index contributed by atoms with van der Waals surface area (Å²) in [5.41, 5.74) is 0. The summed E-state index contributed by atoms with van der Waals surface area (Å²) >= 11 is 0. The fraction of sp³-hybridized carbons (Fsp3) is 0.700. The number of amides is 1. The molecule has 13 heavy (non-hydrogen) atoms. The molecule has 0 aromatic rings. The number of hydrogen-bond donors (Lipinski definition) is 0. The van der Waals surface area contributed by atoms with Crippen LogP contribution in [0.15, 0.2) is 12.2 Å². The lowest BCUT2D eigenvalue weighted by atomic mass is 10.3. The quantitative estimate of drug-likeness (QED) is 0.463. The highest BCUT2D eigenvalue weighted by atomic mass is 16.5. The molecule has 0 aromatic carbocycles. The summed E-state index contributed by atoms with van der Waals surface area (Å²) in [6.45, 7) is 2.90. The van der Waals surface area contributed by atoms with Gasteiger partial charge in [-0.15, -0.1) is 0 Å². The molecule has 0 rings (SSSR count). The van der Waals surface area contributed by atoms with Gasteiger partial charge in [0.15, 0.2) is 0 Å². The first kappa shape index (κ1) is 12.2. The van der Waals surface area contributed by atoms with E-state index in [0.717, 1.165) is 12.8 Å². The summed E-state index contributed by atoms with van der Waals surface area (Å²) in [6.07, 6.45) is 6.10. The van der Waals surface area contributed by atoms with Crippen LogP contribution in [0.3, 0.4) is 0 Å². The Bertz CT molecular complexity index is 164. The van der Waals surface area contributed by atoms with Gasteiger partial charge in [-0.3, -0.25) is 4.79 Å². The van der Waals surface area contributed by atoms with E-state index in [-0.39, 0.29) is 12.5 Å². The van der Waals surface area contributed by atoms with Crippen molar-refractivity contribution in [2.75, 3.05) is 27.3 Å². The molecule has 0 heterocycles. The molecule has 0 spiro atoms. The van der Waals surface area contributed by atoms with Gasteiger partial charge in [0.1, 0.15) is 6.61 Å². The lowest BCUT2D eigenvalue weighted by molar-refractivity contribution is -0.133. The van der Waals surface area contributed by atoms with Crippen LogP contribution in [0.1, 0.15) is 19.8 Å². The maximum atomic E-state index is 11.0. The van der Waals surface area contributed by atoms with E-state index in [0.29, 0.717) is 6.61 Å². The van der Waals surface area contributed by atoms with Crippen molar-refractivity contribution in [2.45, 2.75) is 19.8 Å². The van der Waals surface area contributed by atoms with E-state index >= 15 is 0 Å². The van der Waals surface area contributed by atoms with E-state index in [1.54, 1.807) is 14.1 Å². The fourth-order valence-electron chi connectivity index (χ4n) is 0.724. The largest absolute Gasteiger partial charge is 0.371 e. The Morgan fingerprint density at radius 3 is 2.62 bits per heavy atom. The van der Waals surface area contributed by atoms with Gasteiger partial charge in [0.2, 0.25) is 5.91 Å². The lowest BCUT2D eigenvalue weighted by Crippen LogP contribution is -2.26. The molecule has 0 saturated carbocycles. The number of ether oxygens (including phenoxy) is 1. The zero-order chi connectivity index (χ0) is 10.1. The van der Waals surface area contributed by atoms with E-state index in [9.17, 15) is 4.79 Å². The van der Waals surface area contributed by atoms with Gasteiger partial charge < -0.3 is 9.64 Å². The molecule has 3 nitrogen and oxygen atoms in total. The van der Waals surface area contributed by atoms with Gasteiger partial charge in [-0.25, -0.2) is 0 Å². The van der Waals surface area contributed by atoms with Crippen molar-refractivity contribution in [3.05, 3.63) is 12.2 Å². The van der Waals surface area contributed by atoms with Crippen molar-refractivity contribution >= 4 is 5.91 Å². The topological polar surface area (TPSA) is 29.5 Å². The molecule has 0 bridgehead atoms. The molecular weight excluding hydrogens is 166 g/mol. The van der Waals surface area contributed by atoms with Crippen LogP contribution < -0.4 is 0 Å². The van der Waals surface area contributed by atoms with E-state index in [2.05, 4.69) is 19.1 Å². The molecule has 0 aliphatic heterocycles. The highest BCUT2D eigenvalue weighted by Gasteiger charge is 2.01. The van der Waals surface area contributed by atoms with Gasteiger partial charge in [0.25, 0.3) is 0 Å². The molecule has 76 valence electrons. The Labute approximate surface area is 80.4 Å². The Kier molecular flexibility index (Phi) is 7.30. The standard InChI is InChI=1S/C10H19NO2/c1-4-5-6-7-8-13-9-10(12)11(2)3/h5-6H,4,7-9H2,1-3H3/b6-5-. The van der Waals surface area contributed by atoms with E-state index < -0.39 is 0 Å². The minimum atomic E-state index is 0.0134. The molecule has 0 aliphatic rings. The molecule has 0 N–H and O–H groups in total. The molecule has 3 heteroatoms. The average Bonchev–Trinajstić information content (AvgIpc) is 2.10. The monoisotopic (exact) mass is 185 g/mol. The molecule has 0 atom stereocenters. The van der Waals surface area contributed by atoms with Gasteiger partial charge >= 0.3 is 0 Å². The van der Waals surface area contributed by atoms with Gasteiger partial charge in [0, 0.05) is 14.1 Å². The number of likely N-dealkylation sites (N-methyl/N-ethyl adjacent to an activating group) is 1. The Balaban J connectivity index is 3.26. The minimum Gasteiger partial charge on any atom is -0.371 e. The summed E-state index contributed by atoms with van der Waals surface area (Å²) < 4.78 is 5.16. The third kappa shape index (κ3) is 7.53. The van der Waals surface area contributed by atoms with Crippen molar-refractivity contribution in [3.8, 4) is 0 Å². The van der Waals surface area contributed by atoms with Crippen LogP contribution in [-0.2, 0) is 9.53 Å². The molecule has 0 radical (unpaired) electrons. The van der Waals surface area contributed by atoms with Crippen molar-refractivity contribution in [3.63, 3.8) is 0 Å². The second-order valence-corrected chi connectivity index (χ2v) is 3.01. The highest BCUT2D eigenvalue weighted by Crippen LogP contribution is 1.89. The lowest BCUT2D eigenvalue weighted by Gasteiger charge is -2.09. The third-order valence-corrected chi connectivity index (χ3v) is 1.56. The summed E-state index contributed by atoms with van der Waals surface area (Å²) in [4.78, 5) is 12.5. The summed E-state index contributed by atoms with van der Waals surface area (Å²) in [7, 11) is 3.45. The zero-order valence-electron chi connectivity index (χ0n) is 8.75. The first-order chi connectivity index (χ1) is 6.18. The first-order valence-corrected chi connectivity index (χ1v) is 4.61. The Morgan fingerprint density at radius 1 is 1.38 bits per heavy atom. The Hall–Kier alpha value is -0.830. The smallest absolute Gasteiger partial charge is 0.248 e. The molecule has 0 aromatic heterocycles. The molecule has 0 fully saturated rings. The molecular formula is C10H19NO2. The molecule has 1 amide bonds. The number of carbonyl (C=O) groups is 1. The van der Waals surface area contributed by atoms with Crippen LogP contribution in [0.2, 0.25) is 0 Å². The van der Waals surface area contributed by atoms with Crippen molar-refractivity contribution in [2.24, 2.45) is 0 Å². The van der Waals surface area contributed by atoms with Crippen LogP contribution in [0.5, 0.6) is 0 Å². The number of allylic oxidation sites excluding steroid dienone is 1. The zero-order valence-corrected chi connectivity index (χ0v) is 8.75. The summed E-state index contributed by atoms with van der Waals surface area (Å²) in [5, 5.41) is 0. The predicted octanol–water partition coefficient (Wildman–Crippen LogP) is 1.45. The van der Waals surface area contributed by atoms with Gasteiger partial charge in [-0.2, -0.15) is 0 Å². The summed E-state index contributed by atoms with van der Waals surface area (Å²) in [6, 6.07) is 0. The van der Waals surface area contributed by atoms with Crippen molar-refractivity contribution in [1.82, 2.24) is 4.90 Å². The van der Waals surface area contributed by atoms with Gasteiger partial charge in [0.05, 0.1) is 6.61 Å². The van der Waals surface area contributed by atoms with Crippen molar-refractivity contribution in [1.29, 1.82) is 0 Å². The number of carbonyl (C=O) groups excluding carboxylic acids is 1. The number of nitrogens with zero attached hydrogens (tertiary/aromatic N) is 1. The van der Waals surface area contributed by atoms with Crippen LogP contribution in [-0.4, -0.2) is 38.1 Å². The first-order valence-electron chi connectivity index (χ1n) is 4.61. The van der Waals surface area contributed by atoms with Gasteiger partial charge in [-0.1, -0.05) is 19.1 Å². The van der Waals surface area contributed by atoms with E-state index in [1.165, 1.54) is 4.90 Å². The van der Waals surface area contributed by atoms with E-state index in [4.69, 9.17) is 4.74 Å². The molecule has 0 unspecified atom stereocenters. The highest BCUT2D eigenvalue weighted by molar-refractivity contribution is 5.76. The molecule has 0 aliphatic carbocycles. The number of rotatable bonds is 6. The third-order valence-electron chi connectivity index (χ3n) is 1.56. The normalized spacial score (nSPS) is 10.7. The average molecular weight is 185 g/mol. The minimum absolute atomic E-state index is 0.0134. The predicted molar refractivity (Wildman–Crippen MR) is 53.6 cm³/mol. The van der Waals surface area contributed by atoms with Crippen LogP contribution >= 0.6 is 0 Å². The van der Waals surface area contributed by atoms with Gasteiger partial charge in [-0.05, 0) is 12.8 Å².